The maximum absolute atomic E-state index is 13.5. The summed E-state index contributed by atoms with van der Waals surface area (Å²) in [5, 5.41) is 8.13. The Morgan fingerprint density at radius 2 is 1.95 bits per heavy atom. The topological polar surface area (TPSA) is 115 Å². The number of carbonyl (C=O) groups excluding carboxylic acids is 2. The number of amides is 2. The molecule has 210 valence electrons. The van der Waals surface area contributed by atoms with E-state index in [2.05, 4.69) is 20.2 Å². The zero-order valence-corrected chi connectivity index (χ0v) is 22.0. The van der Waals surface area contributed by atoms with Gasteiger partial charge in [0.15, 0.2) is 0 Å². The molecule has 0 saturated carbocycles. The summed E-state index contributed by atoms with van der Waals surface area (Å²) in [6.07, 6.45) is -0.521. The Morgan fingerprint density at radius 1 is 1.17 bits per heavy atom. The number of hydrogen-bond donors (Lipinski definition) is 2. The molecule has 5 heterocycles. The van der Waals surface area contributed by atoms with Crippen LogP contribution >= 0.6 is 0 Å². The smallest absolute Gasteiger partial charge is 0.343 e. The fourth-order valence-corrected chi connectivity index (χ4v) is 6.15. The molecule has 2 aliphatic heterocycles. The number of nitrogens with one attached hydrogen (secondary N) is 2. The molecule has 2 aliphatic rings. The molecule has 2 amide bonds. The van der Waals surface area contributed by atoms with Crippen LogP contribution in [0.2, 0.25) is 0 Å². The SMILES string of the molecule is [B]c1cc2c(c3cn[nH]c13)CN(CC(F)(F)F)C(=O)[C@H](CC(=O)N1CCC(c3cc4cccnc4[nH]c3=O)CC1)C2. The minimum Gasteiger partial charge on any atom is -0.343 e. The number of benzene rings is 1. The summed E-state index contributed by atoms with van der Waals surface area (Å²) in [7, 11) is 6.16. The van der Waals surface area contributed by atoms with Gasteiger partial charge in [-0.3, -0.25) is 19.5 Å². The number of carbonyl (C=O) groups is 2. The van der Waals surface area contributed by atoms with E-state index in [-0.39, 0.29) is 36.8 Å². The van der Waals surface area contributed by atoms with Crippen LogP contribution in [0.25, 0.3) is 21.9 Å². The Labute approximate surface area is 233 Å². The van der Waals surface area contributed by atoms with Gasteiger partial charge in [0, 0.05) is 48.6 Å². The zero-order chi connectivity index (χ0) is 28.9. The van der Waals surface area contributed by atoms with Crippen LogP contribution in [0, 0.1) is 5.92 Å². The number of likely N-dealkylation sites (tertiary alicyclic amines) is 1. The summed E-state index contributed by atoms with van der Waals surface area (Å²) < 4.78 is 40.4. The third-order valence-corrected chi connectivity index (χ3v) is 8.17. The van der Waals surface area contributed by atoms with E-state index in [1.807, 2.05) is 12.1 Å². The van der Waals surface area contributed by atoms with Crippen molar-refractivity contribution in [2.45, 2.75) is 44.3 Å². The Bertz CT molecular complexity index is 1710. The number of hydrogen-bond acceptors (Lipinski definition) is 5. The lowest BCUT2D eigenvalue weighted by Crippen LogP contribution is -2.44. The first-order valence-corrected chi connectivity index (χ1v) is 13.4. The Morgan fingerprint density at radius 3 is 2.71 bits per heavy atom. The number of alkyl halides is 3. The second kappa shape index (κ2) is 10.4. The lowest BCUT2D eigenvalue weighted by Gasteiger charge is -2.33. The standard InChI is InChI=1S/C28H26BF3N6O3/c29-22-10-17-8-18(27(41)38(14-28(30,31)32)13-21(17)20-12-34-36-24(20)22)11-23(39)37-6-3-15(4-7-37)19-9-16-2-1-5-33-25(16)35-26(19)40/h1-2,5,9-10,12,15,18H,3-4,6-8,11,13-14H2,(H,34,36)(H,33,35,40)/t18-/m0/s1. The number of fused-ring (bicyclic) bond motifs is 4. The summed E-state index contributed by atoms with van der Waals surface area (Å²) in [4.78, 5) is 48.9. The van der Waals surface area contributed by atoms with Gasteiger partial charge in [0.1, 0.15) is 20.0 Å². The molecule has 3 aromatic heterocycles. The number of pyridine rings is 2. The predicted octanol–water partition coefficient (Wildman–Crippen LogP) is 2.45. The van der Waals surface area contributed by atoms with Crippen LogP contribution in [-0.2, 0) is 22.6 Å². The average molecular weight is 562 g/mol. The molecule has 0 spiro atoms. The molecule has 0 aliphatic carbocycles. The highest BCUT2D eigenvalue weighted by atomic mass is 19.4. The van der Waals surface area contributed by atoms with Crippen LogP contribution in [-0.4, -0.2) is 75.4 Å². The minimum absolute atomic E-state index is 0.0542. The summed E-state index contributed by atoms with van der Waals surface area (Å²) in [5.74, 6) is -2.04. The van der Waals surface area contributed by atoms with Crippen molar-refractivity contribution in [3.05, 3.63) is 63.7 Å². The molecule has 1 atom stereocenters. The van der Waals surface area contributed by atoms with Gasteiger partial charge in [0.25, 0.3) is 5.56 Å². The summed E-state index contributed by atoms with van der Waals surface area (Å²) in [6.45, 7) is -0.919. The van der Waals surface area contributed by atoms with E-state index in [0.29, 0.717) is 64.6 Å². The molecule has 0 unspecified atom stereocenters. The molecule has 9 nitrogen and oxygen atoms in total. The summed E-state index contributed by atoms with van der Waals surface area (Å²) in [5.41, 5.74) is 3.00. The van der Waals surface area contributed by atoms with Crippen molar-refractivity contribution >= 4 is 47.1 Å². The molecule has 4 aromatic rings. The normalized spacial score (nSPS) is 18.6. The summed E-state index contributed by atoms with van der Waals surface area (Å²) >= 11 is 0. The van der Waals surface area contributed by atoms with Gasteiger partial charge in [0.2, 0.25) is 11.8 Å². The second-order valence-electron chi connectivity index (χ2n) is 10.8. The minimum atomic E-state index is -4.60. The van der Waals surface area contributed by atoms with Crippen LogP contribution in [0.1, 0.15) is 41.9 Å². The van der Waals surface area contributed by atoms with Crippen molar-refractivity contribution in [2.75, 3.05) is 19.6 Å². The highest BCUT2D eigenvalue weighted by Crippen LogP contribution is 2.33. The van der Waals surface area contributed by atoms with E-state index in [1.165, 1.54) is 6.20 Å². The van der Waals surface area contributed by atoms with Crippen LogP contribution in [0.4, 0.5) is 13.2 Å². The number of rotatable bonds is 4. The number of nitrogens with zero attached hydrogens (tertiary/aromatic N) is 4. The van der Waals surface area contributed by atoms with Gasteiger partial charge >= 0.3 is 6.18 Å². The molecular weight excluding hydrogens is 536 g/mol. The second-order valence-corrected chi connectivity index (χ2v) is 10.8. The maximum atomic E-state index is 13.5. The number of aromatic nitrogens is 4. The monoisotopic (exact) mass is 562 g/mol. The molecule has 0 bridgehead atoms. The van der Waals surface area contributed by atoms with E-state index >= 15 is 0 Å². The molecule has 2 N–H and O–H groups in total. The predicted molar refractivity (Wildman–Crippen MR) is 146 cm³/mol. The average Bonchev–Trinajstić information content (AvgIpc) is 3.39. The molecule has 2 radical (unpaired) electrons. The molecule has 13 heteroatoms. The fourth-order valence-electron chi connectivity index (χ4n) is 6.15. The van der Waals surface area contributed by atoms with Crippen molar-refractivity contribution < 1.29 is 22.8 Å². The van der Waals surface area contributed by atoms with Gasteiger partial charge in [-0.2, -0.15) is 18.3 Å². The lowest BCUT2D eigenvalue weighted by atomic mass is 9.85. The van der Waals surface area contributed by atoms with Crippen LogP contribution < -0.4 is 11.0 Å². The highest BCUT2D eigenvalue weighted by Gasteiger charge is 2.39. The fraction of sp³-hybridized carbons (Fsp3) is 0.393. The van der Waals surface area contributed by atoms with Crippen LogP contribution in [0.3, 0.4) is 0 Å². The molecule has 1 fully saturated rings. The maximum Gasteiger partial charge on any atom is 0.406 e. The number of aromatic amines is 2. The first kappa shape index (κ1) is 27.0. The van der Waals surface area contributed by atoms with Gasteiger partial charge in [0.05, 0.1) is 17.6 Å². The lowest BCUT2D eigenvalue weighted by molar-refractivity contribution is -0.165. The van der Waals surface area contributed by atoms with E-state index in [4.69, 9.17) is 7.85 Å². The van der Waals surface area contributed by atoms with E-state index in [1.54, 1.807) is 23.2 Å². The Hall–Kier alpha value is -4.16. The van der Waals surface area contributed by atoms with Crippen molar-refractivity contribution in [1.82, 2.24) is 30.0 Å². The van der Waals surface area contributed by atoms with Gasteiger partial charge < -0.3 is 14.8 Å². The van der Waals surface area contributed by atoms with Crippen LogP contribution in [0.5, 0.6) is 0 Å². The van der Waals surface area contributed by atoms with Gasteiger partial charge in [-0.05, 0) is 54.5 Å². The van der Waals surface area contributed by atoms with Crippen molar-refractivity contribution in [2.24, 2.45) is 5.92 Å². The van der Waals surface area contributed by atoms with Gasteiger partial charge in [-0.25, -0.2) is 4.98 Å². The Balaban J connectivity index is 1.20. The third kappa shape index (κ3) is 5.32. The number of H-pyrrole nitrogens is 2. The van der Waals surface area contributed by atoms with Gasteiger partial charge in [-0.1, -0.05) is 11.5 Å². The first-order valence-electron chi connectivity index (χ1n) is 13.4. The van der Waals surface area contributed by atoms with Crippen molar-refractivity contribution in [3.8, 4) is 0 Å². The number of halogens is 3. The van der Waals surface area contributed by atoms with Crippen molar-refractivity contribution in [3.63, 3.8) is 0 Å². The van der Waals surface area contributed by atoms with E-state index in [9.17, 15) is 27.6 Å². The van der Waals surface area contributed by atoms with E-state index < -0.39 is 24.5 Å². The molecular formula is C28H26BF3N6O3. The third-order valence-electron chi connectivity index (χ3n) is 8.17. The van der Waals surface area contributed by atoms with Crippen LogP contribution in [0.15, 0.2) is 41.5 Å². The van der Waals surface area contributed by atoms with Gasteiger partial charge in [-0.15, -0.1) is 0 Å². The highest BCUT2D eigenvalue weighted by molar-refractivity contribution is 6.38. The molecule has 1 saturated heterocycles. The Kier molecular flexibility index (Phi) is 6.83. The van der Waals surface area contributed by atoms with E-state index in [0.717, 1.165) is 10.3 Å². The zero-order valence-electron chi connectivity index (χ0n) is 22.0. The molecule has 1 aromatic carbocycles. The first-order chi connectivity index (χ1) is 19.6. The molecule has 41 heavy (non-hydrogen) atoms. The van der Waals surface area contributed by atoms with Crippen molar-refractivity contribution in [1.29, 1.82) is 0 Å². The largest absolute Gasteiger partial charge is 0.406 e. The quantitative estimate of drug-likeness (QED) is 0.371. The summed E-state index contributed by atoms with van der Waals surface area (Å²) in [6, 6.07) is 7.15. The number of piperidine rings is 1. The molecule has 6 rings (SSSR count).